The highest BCUT2D eigenvalue weighted by Crippen LogP contribution is 2.39. The maximum absolute atomic E-state index is 12.8. The molecule has 0 radical (unpaired) electrons. The predicted molar refractivity (Wildman–Crippen MR) is 91.9 cm³/mol. The zero-order valence-electron chi connectivity index (χ0n) is 14.3. The molecule has 1 amide bonds. The van der Waals surface area contributed by atoms with Crippen molar-refractivity contribution in [3.8, 4) is 5.75 Å². The van der Waals surface area contributed by atoms with E-state index in [0.717, 1.165) is 55.7 Å². The topological polar surface area (TPSA) is 78.9 Å². The number of nitrogens with zero attached hydrogens (tertiary/aromatic N) is 1. The van der Waals surface area contributed by atoms with Gasteiger partial charge in [0.25, 0.3) is 5.91 Å². The van der Waals surface area contributed by atoms with Gasteiger partial charge in [0, 0.05) is 25.2 Å². The van der Waals surface area contributed by atoms with Gasteiger partial charge in [0.05, 0.1) is 6.61 Å². The van der Waals surface area contributed by atoms with Crippen LogP contribution in [-0.4, -0.2) is 54.2 Å². The Morgan fingerprint density at radius 3 is 2.80 bits per heavy atom. The number of hydrogen-bond acceptors (Lipinski definition) is 4. The number of carbonyl (C=O) groups is 2. The molecule has 1 aromatic rings. The van der Waals surface area contributed by atoms with Crippen molar-refractivity contribution >= 4 is 11.9 Å². The highest BCUT2D eigenvalue weighted by molar-refractivity contribution is 5.94. The number of carboxylic acid groups (broad SMARTS) is 1. The summed E-state index contributed by atoms with van der Waals surface area (Å²) in [6.45, 7) is 2.88. The zero-order valence-corrected chi connectivity index (χ0v) is 14.3. The fourth-order valence-electron chi connectivity index (χ4n) is 4.33. The quantitative estimate of drug-likeness (QED) is 0.853. The molecule has 1 atom stereocenters. The first-order valence-corrected chi connectivity index (χ1v) is 9.08. The molecule has 0 saturated carbocycles. The largest absolute Gasteiger partial charge is 0.493 e. The minimum Gasteiger partial charge on any atom is -0.493 e. The molecule has 25 heavy (non-hydrogen) atoms. The minimum atomic E-state index is -0.772. The van der Waals surface area contributed by atoms with Crippen LogP contribution in [0.5, 0.6) is 5.75 Å². The van der Waals surface area contributed by atoms with E-state index in [1.165, 1.54) is 0 Å². The summed E-state index contributed by atoms with van der Waals surface area (Å²) in [7, 11) is 0. The molecule has 4 rings (SSSR count). The van der Waals surface area contributed by atoms with Crippen molar-refractivity contribution in [2.24, 2.45) is 5.41 Å². The number of ether oxygens (including phenoxy) is 1. The molecule has 134 valence electrons. The minimum absolute atomic E-state index is 0.0313. The number of benzene rings is 1. The van der Waals surface area contributed by atoms with E-state index >= 15 is 0 Å². The van der Waals surface area contributed by atoms with Gasteiger partial charge in [0.2, 0.25) is 0 Å². The lowest BCUT2D eigenvalue weighted by Crippen LogP contribution is -2.44. The van der Waals surface area contributed by atoms with Gasteiger partial charge < -0.3 is 20.1 Å². The highest BCUT2D eigenvalue weighted by Gasteiger charge is 2.44. The molecule has 0 aliphatic carbocycles. The molecular weight excluding hydrogens is 320 g/mol. The van der Waals surface area contributed by atoms with Crippen LogP contribution < -0.4 is 10.1 Å². The Morgan fingerprint density at radius 1 is 1.28 bits per heavy atom. The number of piperidine rings is 1. The van der Waals surface area contributed by atoms with Crippen molar-refractivity contribution in [1.29, 1.82) is 0 Å². The Bertz CT molecular complexity index is 695. The highest BCUT2D eigenvalue weighted by atomic mass is 16.5. The SMILES string of the molecule is O=C(O)[C@H]1CC2(CCN(C(=O)c3ccc4c(c3)CCCO4)CC2)CN1. The second kappa shape index (κ2) is 6.33. The summed E-state index contributed by atoms with van der Waals surface area (Å²) >= 11 is 0. The van der Waals surface area contributed by atoms with E-state index in [9.17, 15) is 14.7 Å². The van der Waals surface area contributed by atoms with Crippen molar-refractivity contribution < 1.29 is 19.4 Å². The van der Waals surface area contributed by atoms with Crippen molar-refractivity contribution in [1.82, 2.24) is 10.2 Å². The van der Waals surface area contributed by atoms with Gasteiger partial charge in [-0.2, -0.15) is 0 Å². The number of rotatable bonds is 2. The summed E-state index contributed by atoms with van der Waals surface area (Å²) < 4.78 is 5.62. The van der Waals surface area contributed by atoms with Gasteiger partial charge in [-0.1, -0.05) is 0 Å². The van der Waals surface area contributed by atoms with E-state index in [0.29, 0.717) is 19.5 Å². The molecule has 2 saturated heterocycles. The predicted octanol–water partition coefficient (Wildman–Crippen LogP) is 1.68. The summed E-state index contributed by atoms with van der Waals surface area (Å²) in [5.74, 6) is 0.202. The van der Waals surface area contributed by atoms with E-state index in [2.05, 4.69) is 5.32 Å². The molecule has 1 aromatic carbocycles. The maximum atomic E-state index is 12.8. The second-order valence-electron chi connectivity index (χ2n) is 7.54. The number of carbonyl (C=O) groups excluding carboxylic acids is 1. The Hall–Kier alpha value is -2.08. The molecule has 3 heterocycles. The van der Waals surface area contributed by atoms with Crippen molar-refractivity contribution in [2.75, 3.05) is 26.2 Å². The third kappa shape index (κ3) is 3.11. The molecule has 6 nitrogen and oxygen atoms in total. The van der Waals surface area contributed by atoms with Crippen LogP contribution in [-0.2, 0) is 11.2 Å². The van der Waals surface area contributed by atoms with Gasteiger partial charge in [-0.05, 0) is 61.3 Å². The number of fused-ring (bicyclic) bond motifs is 1. The lowest BCUT2D eigenvalue weighted by molar-refractivity contribution is -0.139. The fourth-order valence-corrected chi connectivity index (χ4v) is 4.33. The van der Waals surface area contributed by atoms with Crippen molar-refractivity contribution in [3.63, 3.8) is 0 Å². The number of likely N-dealkylation sites (tertiary alicyclic amines) is 1. The van der Waals surface area contributed by atoms with Crippen LogP contribution in [0.1, 0.15) is 41.6 Å². The molecule has 3 aliphatic rings. The standard InChI is InChI=1S/C19H24N2O4/c22-17(14-3-4-16-13(10-14)2-1-9-25-16)21-7-5-19(6-8-21)11-15(18(23)24)20-12-19/h3-4,10,15,20H,1-2,5-9,11-12H2,(H,23,24)/t15-/m1/s1. The maximum Gasteiger partial charge on any atom is 0.320 e. The summed E-state index contributed by atoms with van der Waals surface area (Å²) in [5, 5.41) is 12.3. The number of aliphatic carboxylic acids is 1. The van der Waals surface area contributed by atoms with Crippen molar-refractivity contribution in [3.05, 3.63) is 29.3 Å². The number of hydrogen-bond donors (Lipinski definition) is 2. The third-order valence-corrected chi connectivity index (χ3v) is 5.93. The van der Waals surface area contributed by atoms with Crippen LogP contribution in [0.25, 0.3) is 0 Å². The first-order chi connectivity index (χ1) is 12.1. The average Bonchev–Trinajstić information content (AvgIpc) is 3.05. The Morgan fingerprint density at radius 2 is 2.08 bits per heavy atom. The van der Waals surface area contributed by atoms with Gasteiger partial charge >= 0.3 is 5.97 Å². The summed E-state index contributed by atoms with van der Waals surface area (Å²) in [5.41, 5.74) is 1.88. The third-order valence-electron chi connectivity index (χ3n) is 5.93. The molecule has 2 fully saturated rings. The fraction of sp³-hybridized carbons (Fsp3) is 0.579. The van der Waals surface area contributed by atoms with Gasteiger partial charge in [0.1, 0.15) is 11.8 Å². The van der Waals surface area contributed by atoms with Crippen LogP contribution >= 0.6 is 0 Å². The van der Waals surface area contributed by atoms with Gasteiger partial charge in [-0.3, -0.25) is 9.59 Å². The van der Waals surface area contributed by atoms with Crippen molar-refractivity contribution in [2.45, 2.75) is 38.1 Å². The van der Waals surface area contributed by atoms with E-state index in [1.807, 2.05) is 23.1 Å². The molecule has 2 N–H and O–H groups in total. The number of carboxylic acids is 1. The second-order valence-corrected chi connectivity index (χ2v) is 7.54. The first-order valence-electron chi connectivity index (χ1n) is 9.08. The smallest absolute Gasteiger partial charge is 0.320 e. The lowest BCUT2D eigenvalue weighted by Gasteiger charge is -2.39. The lowest BCUT2D eigenvalue weighted by atomic mass is 9.76. The number of nitrogens with one attached hydrogen (secondary N) is 1. The Labute approximate surface area is 147 Å². The van der Waals surface area contributed by atoms with Gasteiger partial charge in [0.15, 0.2) is 0 Å². The monoisotopic (exact) mass is 344 g/mol. The Kier molecular flexibility index (Phi) is 4.15. The van der Waals surface area contributed by atoms with E-state index in [1.54, 1.807) is 0 Å². The normalized spacial score (nSPS) is 24.6. The van der Waals surface area contributed by atoms with E-state index in [4.69, 9.17) is 4.74 Å². The number of aryl methyl sites for hydroxylation is 1. The molecule has 0 aromatic heterocycles. The molecule has 0 bridgehead atoms. The van der Waals surface area contributed by atoms with Crippen LogP contribution in [0.4, 0.5) is 0 Å². The van der Waals surface area contributed by atoms with Crippen LogP contribution in [0.3, 0.4) is 0 Å². The van der Waals surface area contributed by atoms with E-state index < -0.39 is 12.0 Å². The van der Waals surface area contributed by atoms with Crippen LogP contribution in [0.15, 0.2) is 18.2 Å². The summed E-state index contributed by atoms with van der Waals surface area (Å²) in [6.07, 6.45) is 4.35. The van der Waals surface area contributed by atoms with Crippen LogP contribution in [0.2, 0.25) is 0 Å². The average molecular weight is 344 g/mol. The van der Waals surface area contributed by atoms with Gasteiger partial charge in [-0.25, -0.2) is 0 Å². The van der Waals surface area contributed by atoms with Gasteiger partial charge in [-0.15, -0.1) is 0 Å². The summed E-state index contributed by atoms with van der Waals surface area (Å²) in [4.78, 5) is 25.9. The molecule has 0 unspecified atom stereocenters. The zero-order chi connectivity index (χ0) is 17.4. The molecule has 1 spiro atoms. The van der Waals surface area contributed by atoms with Crippen LogP contribution in [0, 0.1) is 5.41 Å². The molecule has 6 heteroatoms. The first kappa shape index (κ1) is 16.4. The summed E-state index contributed by atoms with van der Waals surface area (Å²) in [6, 6.07) is 5.29. The number of amides is 1. The Balaban J connectivity index is 1.41. The van der Waals surface area contributed by atoms with E-state index in [-0.39, 0.29) is 11.3 Å². The molecular formula is C19H24N2O4. The molecule has 3 aliphatic heterocycles.